The van der Waals surface area contributed by atoms with Gasteiger partial charge in [-0.3, -0.25) is 0 Å². The molecule has 1 aromatic carbocycles. The van der Waals surface area contributed by atoms with E-state index in [2.05, 4.69) is 4.98 Å². The molecule has 0 amide bonds. The van der Waals surface area contributed by atoms with Crippen molar-refractivity contribution in [1.29, 1.82) is 0 Å². The third-order valence-corrected chi connectivity index (χ3v) is 3.15. The number of aromatic hydroxyl groups is 1. The SMILES string of the molecule is COc1nccc2c1cc(O)n2Cc1ccccc1. The van der Waals surface area contributed by atoms with Crippen molar-refractivity contribution in [2.75, 3.05) is 7.11 Å². The van der Waals surface area contributed by atoms with Crippen molar-refractivity contribution in [3.8, 4) is 11.8 Å². The maximum atomic E-state index is 10.1. The second kappa shape index (κ2) is 4.65. The third-order valence-electron chi connectivity index (χ3n) is 3.15. The standard InChI is InChI=1S/C15H14N2O2/c1-19-15-12-9-14(18)17(13(12)7-8-16-15)10-11-5-3-2-4-6-11/h2-9,18H,10H2,1H3. The van der Waals surface area contributed by atoms with Crippen molar-refractivity contribution >= 4 is 10.9 Å². The lowest BCUT2D eigenvalue weighted by Crippen LogP contribution is -1.98. The molecule has 0 unspecified atom stereocenters. The van der Waals surface area contributed by atoms with Gasteiger partial charge in [-0.15, -0.1) is 0 Å². The topological polar surface area (TPSA) is 47.3 Å². The number of aromatic nitrogens is 2. The van der Waals surface area contributed by atoms with E-state index in [0.29, 0.717) is 12.4 Å². The number of methoxy groups -OCH3 is 1. The number of hydrogen-bond donors (Lipinski definition) is 1. The van der Waals surface area contributed by atoms with Crippen molar-refractivity contribution in [3.05, 3.63) is 54.2 Å². The van der Waals surface area contributed by atoms with Gasteiger partial charge in [0.15, 0.2) is 5.88 Å². The van der Waals surface area contributed by atoms with Gasteiger partial charge in [0.25, 0.3) is 0 Å². The van der Waals surface area contributed by atoms with Gasteiger partial charge in [-0.2, -0.15) is 0 Å². The van der Waals surface area contributed by atoms with E-state index in [1.54, 1.807) is 19.4 Å². The van der Waals surface area contributed by atoms with Gasteiger partial charge >= 0.3 is 0 Å². The van der Waals surface area contributed by atoms with Gasteiger partial charge in [-0.05, 0) is 11.6 Å². The average molecular weight is 254 g/mol. The summed E-state index contributed by atoms with van der Waals surface area (Å²) in [5.41, 5.74) is 2.04. The Balaban J connectivity index is 2.11. The van der Waals surface area contributed by atoms with Crippen molar-refractivity contribution in [2.24, 2.45) is 0 Å². The predicted molar refractivity (Wildman–Crippen MR) is 73.5 cm³/mol. The highest BCUT2D eigenvalue weighted by Gasteiger charge is 2.12. The molecule has 2 aromatic heterocycles. The Morgan fingerprint density at radius 1 is 1.21 bits per heavy atom. The van der Waals surface area contributed by atoms with E-state index in [0.717, 1.165) is 16.5 Å². The second-order valence-corrected chi connectivity index (χ2v) is 4.33. The molecule has 0 atom stereocenters. The Morgan fingerprint density at radius 3 is 2.74 bits per heavy atom. The van der Waals surface area contributed by atoms with E-state index in [1.807, 2.05) is 41.0 Å². The number of ether oxygens (including phenoxy) is 1. The van der Waals surface area contributed by atoms with Gasteiger partial charge in [0.05, 0.1) is 24.6 Å². The van der Waals surface area contributed by atoms with Crippen LogP contribution in [-0.2, 0) is 6.54 Å². The summed E-state index contributed by atoms with van der Waals surface area (Å²) in [5, 5.41) is 10.9. The van der Waals surface area contributed by atoms with Crippen LogP contribution >= 0.6 is 0 Å². The van der Waals surface area contributed by atoms with Crippen molar-refractivity contribution in [2.45, 2.75) is 6.54 Å². The molecule has 0 aliphatic carbocycles. The molecule has 3 rings (SSSR count). The zero-order chi connectivity index (χ0) is 13.2. The molecule has 0 saturated carbocycles. The molecule has 0 fully saturated rings. The molecule has 3 aromatic rings. The van der Waals surface area contributed by atoms with E-state index >= 15 is 0 Å². The Morgan fingerprint density at radius 2 is 2.00 bits per heavy atom. The third kappa shape index (κ3) is 2.01. The summed E-state index contributed by atoms with van der Waals surface area (Å²) in [6, 6.07) is 13.6. The Bertz CT molecular complexity index is 705. The van der Waals surface area contributed by atoms with E-state index in [1.165, 1.54) is 0 Å². The first-order chi connectivity index (χ1) is 9.29. The molecule has 0 aliphatic rings. The van der Waals surface area contributed by atoms with Crippen LogP contribution in [0.2, 0.25) is 0 Å². The monoisotopic (exact) mass is 254 g/mol. The fraction of sp³-hybridized carbons (Fsp3) is 0.133. The van der Waals surface area contributed by atoms with Crippen LogP contribution in [-0.4, -0.2) is 21.8 Å². The zero-order valence-corrected chi connectivity index (χ0v) is 10.6. The molecular formula is C15H14N2O2. The van der Waals surface area contributed by atoms with Gasteiger partial charge < -0.3 is 14.4 Å². The molecule has 96 valence electrons. The summed E-state index contributed by atoms with van der Waals surface area (Å²) >= 11 is 0. The number of rotatable bonds is 3. The average Bonchev–Trinajstić information content (AvgIpc) is 2.76. The van der Waals surface area contributed by atoms with E-state index in [-0.39, 0.29) is 5.88 Å². The lowest BCUT2D eigenvalue weighted by molar-refractivity contribution is 0.403. The smallest absolute Gasteiger partial charge is 0.222 e. The normalized spacial score (nSPS) is 10.8. The predicted octanol–water partition coefficient (Wildman–Crippen LogP) is 2.80. The molecule has 0 aliphatic heterocycles. The lowest BCUT2D eigenvalue weighted by Gasteiger charge is -2.07. The summed E-state index contributed by atoms with van der Waals surface area (Å²) in [4.78, 5) is 4.14. The van der Waals surface area contributed by atoms with Gasteiger partial charge in [-0.25, -0.2) is 4.98 Å². The molecule has 2 heterocycles. The fourth-order valence-corrected chi connectivity index (χ4v) is 2.24. The van der Waals surface area contributed by atoms with E-state index in [4.69, 9.17) is 4.74 Å². The summed E-state index contributed by atoms with van der Waals surface area (Å²) in [6.07, 6.45) is 1.68. The molecular weight excluding hydrogens is 240 g/mol. The Kier molecular flexibility index (Phi) is 2.83. The Hall–Kier alpha value is -2.49. The van der Waals surface area contributed by atoms with Crippen molar-refractivity contribution in [1.82, 2.24) is 9.55 Å². The van der Waals surface area contributed by atoms with Crippen LogP contribution in [0.1, 0.15) is 5.56 Å². The molecule has 0 bridgehead atoms. The first-order valence-corrected chi connectivity index (χ1v) is 6.04. The van der Waals surface area contributed by atoms with Crippen LogP contribution in [0.25, 0.3) is 10.9 Å². The van der Waals surface area contributed by atoms with Crippen LogP contribution in [0, 0.1) is 0 Å². The van der Waals surface area contributed by atoms with E-state index in [9.17, 15) is 5.11 Å². The minimum Gasteiger partial charge on any atom is -0.494 e. The molecule has 0 radical (unpaired) electrons. The minimum absolute atomic E-state index is 0.213. The largest absolute Gasteiger partial charge is 0.494 e. The molecule has 19 heavy (non-hydrogen) atoms. The highest BCUT2D eigenvalue weighted by Crippen LogP contribution is 2.30. The molecule has 0 spiro atoms. The molecule has 4 nitrogen and oxygen atoms in total. The zero-order valence-electron chi connectivity index (χ0n) is 10.6. The van der Waals surface area contributed by atoms with Gasteiger partial charge in [0.1, 0.15) is 0 Å². The van der Waals surface area contributed by atoms with Crippen LogP contribution < -0.4 is 4.74 Å². The van der Waals surface area contributed by atoms with E-state index < -0.39 is 0 Å². The number of fused-ring (bicyclic) bond motifs is 1. The summed E-state index contributed by atoms with van der Waals surface area (Å²) in [7, 11) is 1.58. The van der Waals surface area contributed by atoms with Crippen LogP contribution in [0.15, 0.2) is 48.7 Å². The fourth-order valence-electron chi connectivity index (χ4n) is 2.24. The second-order valence-electron chi connectivity index (χ2n) is 4.33. The lowest BCUT2D eigenvalue weighted by atomic mass is 10.2. The minimum atomic E-state index is 0.213. The van der Waals surface area contributed by atoms with Crippen molar-refractivity contribution < 1.29 is 9.84 Å². The summed E-state index contributed by atoms with van der Waals surface area (Å²) in [5.74, 6) is 0.741. The number of benzene rings is 1. The molecule has 1 N–H and O–H groups in total. The molecule has 0 saturated heterocycles. The quantitative estimate of drug-likeness (QED) is 0.781. The first kappa shape index (κ1) is 11.6. The molecule has 4 heteroatoms. The van der Waals surface area contributed by atoms with Crippen LogP contribution in [0.3, 0.4) is 0 Å². The first-order valence-electron chi connectivity index (χ1n) is 6.04. The number of pyridine rings is 1. The number of nitrogens with zero attached hydrogens (tertiary/aromatic N) is 2. The van der Waals surface area contributed by atoms with Crippen LogP contribution in [0.5, 0.6) is 11.8 Å². The summed E-state index contributed by atoms with van der Waals surface area (Å²) in [6.45, 7) is 0.614. The maximum Gasteiger partial charge on any atom is 0.222 e. The van der Waals surface area contributed by atoms with Gasteiger partial charge in [0.2, 0.25) is 5.88 Å². The summed E-state index contributed by atoms with van der Waals surface area (Å²) < 4.78 is 7.05. The van der Waals surface area contributed by atoms with Gasteiger partial charge in [0, 0.05) is 12.3 Å². The highest BCUT2D eigenvalue weighted by atomic mass is 16.5. The maximum absolute atomic E-state index is 10.1. The van der Waals surface area contributed by atoms with Gasteiger partial charge in [-0.1, -0.05) is 30.3 Å². The van der Waals surface area contributed by atoms with Crippen molar-refractivity contribution in [3.63, 3.8) is 0 Å². The number of hydrogen-bond acceptors (Lipinski definition) is 3. The Labute approximate surface area is 110 Å². The van der Waals surface area contributed by atoms with Crippen LogP contribution in [0.4, 0.5) is 0 Å². The highest BCUT2D eigenvalue weighted by molar-refractivity contribution is 5.86.